The molecule has 1 saturated carbocycles. The Morgan fingerprint density at radius 2 is 2.08 bits per heavy atom. The number of nitrogens with one attached hydrogen (secondary N) is 1. The number of nitrogens with zero attached hydrogens (tertiary/aromatic N) is 1. The van der Waals surface area contributed by atoms with Gasteiger partial charge in [0.05, 0.1) is 6.61 Å². The lowest BCUT2D eigenvalue weighted by molar-refractivity contribution is -0.120. The topological polar surface area (TPSA) is 64.4 Å². The minimum Gasteiger partial charge on any atom is -0.440 e. The number of amides is 1. The van der Waals surface area contributed by atoms with Crippen molar-refractivity contribution >= 4 is 28.8 Å². The van der Waals surface area contributed by atoms with E-state index >= 15 is 0 Å². The van der Waals surface area contributed by atoms with Gasteiger partial charge in [-0.05, 0) is 30.5 Å². The summed E-state index contributed by atoms with van der Waals surface area (Å²) in [6, 6.07) is 15.5. The van der Waals surface area contributed by atoms with E-state index in [9.17, 15) is 4.79 Å². The van der Waals surface area contributed by atoms with Gasteiger partial charge >= 0.3 is 0 Å². The molecule has 5 nitrogen and oxygen atoms in total. The van der Waals surface area contributed by atoms with Gasteiger partial charge in [0.1, 0.15) is 12.1 Å². The summed E-state index contributed by atoms with van der Waals surface area (Å²) in [6.45, 7) is 0.384. The largest absolute Gasteiger partial charge is 0.440 e. The second kappa shape index (κ2) is 7.54. The number of ether oxygens (including phenoxy) is 1. The highest BCUT2D eigenvalue weighted by Gasteiger charge is 2.28. The smallest absolute Gasteiger partial charge is 0.250 e. The molecule has 2 aromatic carbocycles. The normalized spacial score (nSPS) is 14.2. The van der Waals surface area contributed by atoms with Crippen LogP contribution in [0.4, 0.5) is 5.69 Å². The Hall–Kier alpha value is -2.92. The Labute approximate surface area is 151 Å². The number of anilines is 1. The zero-order chi connectivity index (χ0) is 17.8. The number of oxazole rings is 1. The van der Waals surface area contributed by atoms with Gasteiger partial charge in [0.2, 0.25) is 5.91 Å². The van der Waals surface area contributed by atoms with Gasteiger partial charge in [0.15, 0.2) is 11.5 Å². The van der Waals surface area contributed by atoms with Crippen LogP contribution in [0.3, 0.4) is 0 Å². The maximum absolute atomic E-state index is 12.0. The van der Waals surface area contributed by atoms with E-state index in [-0.39, 0.29) is 12.5 Å². The van der Waals surface area contributed by atoms with Gasteiger partial charge < -0.3 is 14.5 Å². The van der Waals surface area contributed by atoms with E-state index < -0.39 is 0 Å². The van der Waals surface area contributed by atoms with Crippen LogP contribution in [-0.2, 0) is 9.53 Å². The van der Waals surface area contributed by atoms with Crippen LogP contribution in [0.5, 0.6) is 0 Å². The molecular formula is C21H20N2O3. The Morgan fingerprint density at radius 1 is 1.23 bits per heavy atom. The number of rotatable bonds is 7. The number of hydrogen-bond donors (Lipinski definition) is 1. The van der Waals surface area contributed by atoms with Gasteiger partial charge in [0, 0.05) is 17.7 Å². The van der Waals surface area contributed by atoms with Gasteiger partial charge in [-0.25, -0.2) is 4.98 Å². The van der Waals surface area contributed by atoms with Crippen LogP contribution in [0, 0.1) is 0 Å². The molecule has 0 unspecified atom stereocenters. The number of benzene rings is 2. The molecule has 1 fully saturated rings. The lowest BCUT2D eigenvalue weighted by Crippen LogP contribution is -2.18. The average Bonchev–Trinajstić information content (AvgIpc) is 3.42. The lowest BCUT2D eigenvalue weighted by atomic mass is 10.2. The van der Waals surface area contributed by atoms with E-state index in [0.717, 1.165) is 29.8 Å². The minimum absolute atomic E-state index is 0.000889. The second-order valence-corrected chi connectivity index (χ2v) is 6.39. The van der Waals surface area contributed by atoms with E-state index in [1.807, 2.05) is 54.6 Å². The summed E-state index contributed by atoms with van der Waals surface area (Å²) in [5.41, 5.74) is 3.32. The number of fused-ring (bicyclic) bond motifs is 1. The van der Waals surface area contributed by atoms with Crippen LogP contribution in [-0.4, -0.2) is 24.1 Å². The third kappa shape index (κ3) is 4.18. The summed E-state index contributed by atoms with van der Waals surface area (Å²) in [7, 11) is 0. The minimum atomic E-state index is -0.195. The SMILES string of the molecule is O=C(COC/C=C/c1ccccc1)Nc1ccc2nc(C3CC3)oc2c1. The van der Waals surface area contributed by atoms with Crippen LogP contribution < -0.4 is 5.32 Å². The predicted octanol–water partition coefficient (Wildman–Crippen LogP) is 4.37. The average molecular weight is 348 g/mol. The van der Waals surface area contributed by atoms with Gasteiger partial charge in [-0.1, -0.05) is 42.5 Å². The fourth-order valence-corrected chi connectivity index (χ4v) is 2.69. The summed E-state index contributed by atoms with van der Waals surface area (Å²) < 4.78 is 11.2. The van der Waals surface area contributed by atoms with Crippen molar-refractivity contribution < 1.29 is 13.9 Å². The molecule has 0 aliphatic heterocycles. The van der Waals surface area contributed by atoms with Crippen molar-refractivity contribution in [3.8, 4) is 0 Å². The second-order valence-electron chi connectivity index (χ2n) is 6.39. The van der Waals surface area contributed by atoms with Gasteiger partial charge in [0.25, 0.3) is 0 Å². The quantitative estimate of drug-likeness (QED) is 0.644. The van der Waals surface area contributed by atoms with E-state index in [1.54, 1.807) is 6.07 Å². The van der Waals surface area contributed by atoms with Crippen LogP contribution in [0.1, 0.15) is 30.2 Å². The highest BCUT2D eigenvalue weighted by Crippen LogP contribution is 2.40. The zero-order valence-corrected chi connectivity index (χ0v) is 14.4. The molecule has 0 radical (unpaired) electrons. The first-order valence-corrected chi connectivity index (χ1v) is 8.77. The zero-order valence-electron chi connectivity index (χ0n) is 14.4. The number of aromatic nitrogens is 1. The fraction of sp³-hybridized carbons (Fsp3) is 0.238. The Balaban J connectivity index is 1.26. The maximum atomic E-state index is 12.0. The van der Waals surface area contributed by atoms with E-state index in [2.05, 4.69) is 10.3 Å². The Kier molecular flexibility index (Phi) is 4.80. The number of carbonyl (C=O) groups excluding carboxylic acids is 1. The number of carbonyl (C=O) groups is 1. The van der Waals surface area contributed by atoms with E-state index in [1.165, 1.54) is 0 Å². The molecule has 0 bridgehead atoms. The third-order valence-electron chi connectivity index (χ3n) is 4.17. The molecule has 1 N–H and O–H groups in total. The highest BCUT2D eigenvalue weighted by atomic mass is 16.5. The van der Waals surface area contributed by atoms with Gasteiger partial charge in [-0.3, -0.25) is 4.79 Å². The summed E-state index contributed by atoms with van der Waals surface area (Å²) >= 11 is 0. The molecule has 3 aromatic rings. The fourth-order valence-electron chi connectivity index (χ4n) is 2.69. The Bertz CT molecular complexity index is 927. The molecule has 132 valence electrons. The van der Waals surface area contributed by atoms with E-state index in [0.29, 0.717) is 23.8 Å². The molecule has 1 heterocycles. The third-order valence-corrected chi connectivity index (χ3v) is 4.17. The van der Waals surface area contributed by atoms with Crippen molar-refractivity contribution in [3.63, 3.8) is 0 Å². The number of hydrogen-bond acceptors (Lipinski definition) is 4. The van der Waals surface area contributed by atoms with Crippen LogP contribution in [0.2, 0.25) is 0 Å². The summed E-state index contributed by atoms with van der Waals surface area (Å²) in [4.78, 5) is 16.5. The molecule has 26 heavy (non-hydrogen) atoms. The van der Waals surface area contributed by atoms with Crippen molar-refractivity contribution in [2.45, 2.75) is 18.8 Å². The van der Waals surface area contributed by atoms with Crippen LogP contribution in [0.25, 0.3) is 17.2 Å². The van der Waals surface area contributed by atoms with Crippen molar-refractivity contribution in [2.24, 2.45) is 0 Å². The molecule has 0 atom stereocenters. The van der Waals surface area contributed by atoms with Crippen molar-refractivity contribution in [2.75, 3.05) is 18.5 Å². The first kappa shape index (κ1) is 16.5. The standard InChI is InChI=1S/C21H20N2O3/c24-20(14-25-12-4-7-15-5-2-1-3-6-15)22-17-10-11-18-19(13-17)26-21(23-18)16-8-9-16/h1-7,10-11,13,16H,8-9,12,14H2,(H,22,24)/b7-4+. The molecule has 1 aromatic heterocycles. The van der Waals surface area contributed by atoms with Crippen LogP contribution >= 0.6 is 0 Å². The molecule has 0 spiro atoms. The molecule has 1 aliphatic carbocycles. The van der Waals surface area contributed by atoms with Crippen molar-refractivity contribution in [3.05, 3.63) is 66.1 Å². The Morgan fingerprint density at radius 3 is 2.88 bits per heavy atom. The monoisotopic (exact) mass is 348 g/mol. The van der Waals surface area contributed by atoms with Crippen LogP contribution in [0.15, 0.2) is 59.0 Å². The summed E-state index contributed by atoms with van der Waals surface area (Å²) in [5, 5.41) is 2.82. The van der Waals surface area contributed by atoms with Crippen molar-refractivity contribution in [1.82, 2.24) is 4.98 Å². The van der Waals surface area contributed by atoms with Crippen molar-refractivity contribution in [1.29, 1.82) is 0 Å². The lowest BCUT2D eigenvalue weighted by Gasteiger charge is -2.04. The summed E-state index contributed by atoms with van der Waals surface area (Å²) in [5.74, 6) is 1.08. The van der Waals surface area contributed by atoms with E-state index in [4.69, 9.17) is 9.15 Å². The van der Waals surface area contributed by atoms with Gasteiger partial charge in [-0.15, -0.1) is 0 Å². The molecule has 0 saturated heterocycles. The molecule has 5 heteroatoms. The summed E-state index contributed by atoms with van der Waals surface area (Å²) in [6.07, 6.45) is 6.15. The maximum Gasteiger partial charge on any atom is 0.250 e. The first-order chi connectivity index (χ1) is 12.8. The van der Waals surface area contributed by atoms with Gasteiger partial charge in [-0.2, -0.15) is 0 Å². The molecule has 1 amide bonds. The molecule has 1 aliphatic rings. The predicted molar refractivity (Wildman–Crippen MR) is 101 cm³/mol. The molecule has 4 rings (SSSR count). The highest BCUT2D eigenvalue weighted by molar-refractivity contribution is 5.93. The molecular weight excluding hydrogens is 328 g/mol. The first-order valence-electron chi connectivity index (χ1n) is 8.77.